The van der Waals surface area contributed by atoms with Crippen LogP contribution in [0.15, 0.2) is 25.0 Å². The molecule has 10 heavy (non-hydrogen) atoms. The molecule has 0 saturated carbocycles. The van der Waals surface area contributed by atoms with E-state index in [0.717, 1.165) is 6.54 Å². The van der Waals surface area contributed by atoms with Crippen molar-refractivity contribution in [2.75, 3.05) is 7.11 Å². The smallest absolute Gasteiger partial charge is 0.119 e. The van der Waals surface area contributed by atoms with Crippen LogP contribution in [0, 0.1) is 0 Å². The van der Waals surface area contributed by atoms with Crippen LogP contribution in [-0.4, -0.2) is 21.9 Å². The molecule has 0 aromatic carbocycles. The fourth-order valence-electron chi connectivity index (χ4n) is 0.577. The van der Waals surface area contributed by atoms with E-state index in [2.05, 4.69) is 10.2 Å². The Morgan fingerprint density at radius 1 is 1.50 bits per heavy atom. The molecular weight excluding hydrogens is 130 g/mol. The molecule has 0 unspecified atom stereocenters. The SMILES string of the molecule is COC=CCn1cnnc1. The van der Waals surface area contributed by atoms with Crippen molar-refractivity contribution in [3.05, 3.63) is 25.0 Å². The molecule has 0 saturated heterocycles. The quantitative estimate of drug-likeness (QED) is 0.570. The second-order valence-corrected chi connectivity index (χ2v) is 1.77. The van der Waals surface area contributed by atoms with Gasteiger partial charge in [-0.25, -0.2) is 0 Å². The molecule has 0 aliphatic rings. The second-order valence-electron chi connectivity index (χ2n) is 1.77. The molecule has 54 valence electrons. The van der Waals surface area contributed by atoms with Crippen LogP contribution in [0.1, 0.15) is 0 Å². The summed E-state index contributed by atoms with van der Waals surface area (Å²) in [6.07, 6.45) is 6.81. The van der Waals surface area contributed by atoms with Gasteiger partial charge in [-0.1, -0.05) is 0 Å². The first-order chi connectivity index (χ1) is 4.93. The number of allylic oxidation sites excluding steroid dienone is 1. The Labute approximate surface area is 59.1 Å². The summed E-state index contributed by atoms with van der Waals surface area (Å²) in [6, 6.07) is 0. The third-order valence-corrected chi connectivity index (χ3v) is 1.02. The molecule has 0 bridgehead atoms. The molecule has 0 fully saturated rings. The van der Waals surface area contributed by atoms with Gasteiger partial charge in [0.05, 0.1) is 13.4 Å². The Morgan fingerprint density at radius 3 is 2.80 bits per heavy atom. The van der Waals surface area contributed by atoms with E-state index in [1.165, 1.54) is 0 Å². The normalized spacial score (nSPS) is 10.5. The van der Waals surface area contributed by atoms with E-state index in [4.69, 9.17) is 4.74 Å². The molecule has 0 atom stereocenters. The summed E-state index contributed by atoms with van der Waals surface area (Å²) in [4.78, 5) is 0. The average Bonchev–Trinajstić information content (AvgIpc) is 2.41. The molecule has 4 heteroatoms. The summed E-state index contributed by atoms with van der Waals surface area (Å²) in [7, 11) is 1.61. The lowest BCUT2D eigenvalue weighted by Gasteiger charge is -1.91. The predicted molar refractivity (Wildman–Crippen MR) is 36.2 cm³/mol. The summed E-state index contributed by atoms with van der Waals surface area (Å²) < 4.78 is 6.55. The third-order valence-electron chi connectivity index (χ3n) is 1.02. The van der Waals surface area contributed by atoms with Gasteiger partial charge in [-0.05, 0) is 6.08 Å². The molecule has 0 radical (unpaired) electrons. The molecule has 0 aliphatic heterocycles. The highest BCUT2D eigenvalue weighted by Gasteiger charge is 1.82. The van der Waals surface area contributed by atoms with Crippen LogP contribution in [0.3, 0.4) is 0 Å². The number of ether oxygens (including phenoxy) is 1. The largest absolute Gasteiger partial charge is 0.505 e. The Morgan fingerprint density at radius 2 is 2.20 bits per heavy atom. The van der Waals surface area contributed by atoms with Gasteiger partial charge in [0.1, 0.15) is 12.7 Å². The number of hydrogen-bond donors (Lipinski definition) is 0. The number of aromatic nitrogens is 3. The molecule has 1 rings (SSSR count). The van der Waals surface area contributed by atoms with Gasteiger partial charge in [0, 0.05) is 6.54 Å². The van der Waals surface area contributed by atoms with Gasteiger partial charge < -0.3 is 9.30 Å². The highest BCUT2D eigenvalue weighted by molar-refractivity contribution is 4.75. The first-order valence-corrected chi connectivity index (χ1v) is 2.93. The zero-order valence-corrected chi connectivity index (χ0v) is 5.77. The van der Waals surface area contributed by atoms with E-state index in [9.17, 15) is 0 Å². The summed E-state index contributed by atoms with van der Waals surface area (Å²) in [5.41, 5.74) is 0. The second kappa shape index (κ2) is 3.66. The van der Waals surface area contributed by atoms with E-state index in [1.54, 1.807) is 26.0 Å². The van der Waals surface area contributed by atoms with Gasteiger partial charge in [-0.2, -0.15) is 0 Å². The first kappa shape index (κ1) is 6.80. The Kier molecular flexibility index (Phi) is 2.49. The number of rotatable bonds is 3. The molecule has 1 heterocycles. The molecule has 0 aliphatic carbocycles. The fourth-order valence-corrected chi connectivity index (χ4v) is 0.577. The van der Waals surface area contributed by atoms with Crippen LogP contribution in [0.25, 0.3) is 0 Å². The van der Waals surface area contributed by atoms with Gasteiger partial charge in [0.25, 0.3) is 0 Å². The van der Waals surface area contributed by atoms with E-state index < -0.39 is 0 Å². The molecule has 0 amide bonds. The number of methoxy groups -OCH3 is 1. The lowest BCUT2D eigenvalue weighted by molar-refractivity contribution is 0.336. The van der Waals surface area contributed by atoms with Gasteiger partial charge in [-0.15, -0.1) is 10.2 Å². The summed E-state index contributed by atoms with van der Waals surface area (Å²) in [5.74, 6) is 0. The zero-order valence-electron chi connectivity index (χ0n) is 5.77. The van der Waals surface area contributed by atoms with Crippen molar-refractivity contribution in [3.63, 3.8) is 0 Å². The van der Waals surface area contributed by atoms with Gasteiger partial charge in [0.15, 0.2) is 0 Å². The van der Waals surface area contributed by atoms with Crippen molar-refractivity contribution in [3.8, 4) is 0 Å². The van der Waals surface area contributed by atoms with Crippen LogP contribution in [0.2, 0.25) is 0 Å². The van der Waals surface area contributed by atoms with E-state index in [-0.39, 0.29) is 0 Å². The number of hydrogen-bond acceptors (Lipinski definition) is 3. The maximum atomic E-state index is 4.71. The van der Waals surface area contributed by atoms with E-state index in [1.807, 2.05) is 10.6 Å². The van der Waals surface area contributed by atoms with Crippen LogP contribution < -0.4 is 0 Å². The molecule has 0 N–H and O–H groups in total. The highest BCUT2D eigenvalue weighted by Crippen LogP contribution is 1.83. The minimum atomic E-state index is 0.751. The number of nitrogens with zero attached hydrogens (tertiary/aromatic N) is 3. The third kappa shape index (κ3) is 1.89. The van der Waals surface area contributed by atoms with Gasteiger partial charge >= 0.3 is 0 Å². The molecule has 1 aromatic rings. The lowest BCUT2D eigenvalue weighted by Crippen LogP contribution is -1.89. The maximum absolute atomic E-state index is 4.71. The fraction of sp³-hybridized carbons (Fsp3) is 0.333. The van der Waals surface area contributed by atoms with Crippen LogP contribution in [0.5, 0.6) is 0 Å². The Balaban J connectivity index is 2.34. The van der Waals surface area contributed by atoms with Crippen molar-refractivity contribution in [1.82, 2.24) is 14.8 Å². The van der Waals surface area contributed by atoms with Gasteiger partial charge in [-0.3, -0.25) is 0 Å². The summed E-state index contributed by atoms with van der Waals surface area (Å²) in [6.45, 7) is 0.751. The van der Waals surface area contributed by atoms with Crippen molar-refractivity contribution < 1.29 is 4.74 Å². The topological polar surface area (TPSA) is 39.9 Å². The average molecular weight is 139 g/mol. The molecule has 4 nitrogen and oxygen atoms in total. The molecule has 1 aromatic heterocycles. The van der Waals surface area contributed by atoms with E-state index in [0.29, 0.717) is 0 Å². The molecular formula is C6H9N3O. The monoisotopic (exact) mass is 139 g/mol. The Bertz CT molecular complexity index is 193. The van der Waals surface area contributed by atoms with Crippen molar-refractivity contribution in [1.29, 1.82) is 0 Å². The first-order valence-electron chi connectivity index (χ1n) is 2.93. The van der Waals surface area contributed by atoms with Crippen molar-refractivity contribution in [2.24, 2.45) is 0 Å². The van der Waals surface area contributed by atoms with Gasteiger partial charge in [0.2, 0.25) is 0 Å². The van der Waals surface area contributed by atoms with Crippen LogP contribution in [-0.2, 0) is 11.3 Å². The highest BCUT2D eigenvalue weighted by atomic mass is 16.5. The Hall–Kier alpha value is -1.32. The predicted octanol–water partition coefficient (Wildman–Crippen LogP) is 0.438. The van der Waals surface area contributed by atoms with Crippen LogP contribution in [0.4, 0.5) is 0 Å². The standard InChI is InChI=1S/C6H9N3O/c1-10-4-2-3-9-5-7-8-6-9/h2,4-6H,3H2,1H3. The minimum Gasteiger partial charge on any atom is -0.505 e. The summed E-state index contributed by atoms with van der Waals surface area (Å²) >= 11 is 0. The van der Waals surface area contributed by atoms with E-state index >= 15 is 0 Å². The molecule has 0 spiro atoms. The van der Waals surface area contributed by atoms with Crippen LogP contribution >= 0.6 is 0 Å². The van der Waals surface area contributed by atoms with Crippen molar-refractivity contribution >= 4 is 0 Å². The lowest BCUT2D eigenvalue weighted by atomic mass is 10.6. The maximum Gasteiger partial charge on any atom is 0.119 e. The minimum absolute atomic E-state index is 0.751. The summed E-state index contributed by atoms with van der Waals surface area (Å²) in [5, 5.41) is 7.28. The zero-order chi connectivity index (χ0) is 7.23. The van der Waals surface area contributed by atoms with Crippen molar-refractivity contribution in [2.45, 2.75) is 6.54 Å².